The fourth-order valence-corrected chi connectivity index (χ4v) is 5.10. The first kappa shape index (κ1) is 22.3. The van der Waals surface area contributed by atoms with Gasteiger partial charge in [0.15, 0.2) is 5.78 Å². The maximum atomic E-state index is 12.4. The van der Waals surface area contributed by atoms with Gasteiger partial charge in [-0.05, 0) is 58.9 Å². The Morgan fingerprint density at radius 2 is 1.75 bits per heavy atom. The van der Waals surface area contributed by atoms with Crippen molar-refractivity contribution in [3.63, 3.8) is 0 Å². The monoisotopic (exact) mass is 422 g/mol. The summed E-state index contributed by atoms with van der Waals surface area (Å²) < 4.78 is 27.4. The van der Waals surface area contributed by atoms with Crippen LogP contribution in [0.3, 0.4) is 0 Å². The number of carbonyl (C=O) groups excluding carboxylic acids is 2. The van der Waals surface area contributed by atoms with Crippen LogP contribution in [-0.4, -0.2) is 25.6 Å². The zero-order valence-electron chi connectivity index (χ0n) is 16.8. The average Bonchev–Trinajstić information content (AvgIpc) is 2.89. The number of aryl methyl sites for hydroxylation is 2. The van der Waals surface area contributed by atoms with E-state index >= 15 is 0 Å². The summed E-state index contributed by atoms with van der Waals surface area (Å²) in [4.78, 5) is 26.6. The third-order valence-electron chi connectivity index (χ3n) is 3.79. The van der Waals surface area contributed by atoms with Gasteiger partial charge in [0.05, 0.1) is 4.90 Å². The number of hydrogen-bond donors (Lipinski definition) is 2. The summed E-state index contributed by atoms with van der Waals surface area (Å²) >= 11 is 1.56. The standard InChI is InChI=1S/C20H26N2O4S2/c1-13-11-17(14(2)27-13)18(23)9-10-19(24)21-15-7-6-8-16(12-15)28(25,26)22-20(3,4)5/h6-8,11-12,22H,9-10H2,1-5H3,(H,21,24). The van der Waals surface area contributed by atoms with Crippen molar-refractivity contribution in [1.29, 1.82) is 0 Å². The molecular weight excluding hydrogens is 396 g/mol. The molecule has 0 unspecified atom stereocenters. The molecule has 0 saturated heterocycles. The van der Waals surface area contributed by atoms with Gasteiger partial charge in [-0.3, -0.25) is 9.59 Å². The predicted molar refractivity (Wildman–Crippen MR) is 113 cm³/mol. The third kappa shape index (κ3) is 6.25. The van der Waals surface area contributed by atoms with Gasteiger partial charge in [-0.2, -0.15) is 0 Å². The van der Waals surface area contributed by atoms with Gasteiger partial charge in [0, 0.05) is 39.4 Å². The van der Waals surface area contributed by atoms with Crippen molar-refractivity contribution in [1.82, 2.24) is 4.72 Å². The zero-order valence-corrected chi connectivity index (χ0v) is 18.4. The summed E-state index contributed by atoms with van der Waals surface area (Å²) in [5.41, 5.74) is 0.421. The van der Waals surface area contributed by atoms with Crippen LogP contribution in [0.2, 0.25) is 0 Å². The second kappa shape index (κ2) is 8.55. The van der Waals surface area contributed by atoms with Gasteiger partial charge in [-0.1, -0.05) is 6.07 Å². The van der Waals surface area contributed by atoms with Gasteiger partial charge in [0.25, 0.3) is 0 Å². The van der Waals surface area contributed by atoms with Gasteiger partial charge < -0.3 is 5.32 Å². The van der Waals surface area contributed by atoms with Crippen LogP contribution in [0.15, 0.2) is 35.2 Å². The number of ketones is 1. The van der Waals surface area contributed by atoms with E-state index in [-0.39, 0.29) is 29.4 Å². The van der Waals surface area contributed by atoms with E-state index in [0.717, 1.165) is 9.75 Å². The lowest BCUT2D eigenvalue weighted by Gasteiger charge is -2.20. The number of thiophene rings is 1. The topological polar surface area (TPSA) is 92.3 Å². The van der Waals surface area contributed by atoms with Crippen molar-refractivity contribution < 1.29 is 18.0 Å². The van der Waals surface area contributed by atoms with Crippen molar-refractivity contribution in [2.45, 2.75) is 57.9 Å². The highest BCUT2D eigenvalue weighted by Gasteiger charge is 2.22. The molecule has 0 atom stereocenters. The summed E-state index contributed by atoms with van der Waals surface area (Å²) in [5.74, 6) is -0.404. The van der Waals surface area contributed by atoms with Crippen LogP contribution in [0.4, 0.5) is 5.69 Å². The Hall–Kier alpha value is -2.03. The van der Waals surface area contributed by atoms with E-state index in [2.05, 4.69) is 10.0 Å². The number of hydrogen-bond acceptors (Lipinski definition) is 5. The Bertz CT molecular complexity index is 986. The minimum absolute atomic E-state index is 0.0321. The first-order chi connectivity index (χ1) is 12.9. The molecule has 0 radical (unpaired) electrons. The van der Waals surface area contributed by atoms with Crippen molar-refractivity contribution in [2.24, 2.45) is 0 Å². The maximum Gasteiger partial charge on any atom is 0.241 e. The minimum Gasteiger partial charge on any atom is -0.326 e. The quantitative estimate of drug-likeness (QED) is 0.659. The molecule has 6 nitrogen and oxygen atoms in total. The molecule has 0 spiro atoms. The molecule has 28 heavy (non-hydrogen) atoms. The molecular formula is C20H26N2O4S2. The van der Waals surface area contributed by atoms with E-state index < -0.39 is 15.6 Å². The van der Waals surface area contributed by atoms with Crippen LogP contribution in [0.25, 0.3) is 0 Å². The van der Waals surface area contributed by atoms with Crippen LogP contribution in [0, 0.1) is 13.8 Å². The second-order valence-electron chi connectivity index (χ2n) is 7.68. The molecule has 152 valence electrons. The number of rotatable bonds is 7. The Morgan fingerprint density at radius 3 is 2.32 bits per heavy atom. The van der Waals surface area contributed by atoms with E-state index in [4.69, 9.17) is 0 Å². The molecule has 0 bridgehead atoms. The summed E-state index contributed by atoms with van der Waals surface area (Å²) in [6, 6.07) is 7.89. The Labute approximate surface area is 170 Å². The molecule has 1 heterocycles. The molecule has 0 fully saturated rings. The highest BCUT2D eigenvalue weighted by Crippen LogP contribution is 2.22. The molecule has 0 saturated carbocycles. The molecule has 2 aromatic rings. The third-order valence-corrected chi connectivity index (χ3v) is 6.51. The molecule has 8 heteroatoms. The van der Waals surface area contributed by atoms with Crippen LogP contribution < -0.4 is 10.0 Å². The highest BCUT2D eigenvalue weighted by atomic mass is 32.2. The van der Waals surface area contributed by atoms with Crippen LogP contribution in [-0.2, 0) is 14.8 Å². The Morgan fingerprint density at radius 1 is 1.07 bits per heavy atom. The normalized spacial score (nSPS) is 12.0. The van der Waals surface area contributed by atoms with Crippen molar-refractivity contribution in [2.75, 3.05) is 5.32 Å². The smallest absolute Gasteiger partial charge is 0.241 e. The average molecular weight is 423 g/mol. The Balaban J connectivity index is 2.01. The molecule has 0 aliphatic heterocycles. The van der Waals surface area contributed by atoms with Crippen molar-refractivity contribution in [3.8, 4) is 0 Å². The number of sulfonamides is 1. The lowest BCUT2D eigenvalue weighted by molar-refractivity contribution is -0.116. The summed E-state index contributed by atoms with van der Waals surface area (Å²) in [7, 11) is -3.69. The van der Waals surface area contributed by atoms with Crippen LogP contribution in [0.1, 0.15) is 53.7 Å². The van der Waals surface area contributed by atoms with Crippen molar-refractivity contribution in [3.05, 3.63) is 45.6 Å². The first-order valence-electron chi connectivity index (χ1n) is 8.91. The van der Waals surface area contributed by atoms with Crippen LogP contribution >= 0.6 is 11.3 Å². The number of amides is 1. The van der Waals surface area contributed by atoms with Gasteiger partial charge in [0.2, 0.25) is 15.9 Å². The van der Waals surface area contributed by atoms with Gasteiger partial charge in [0.1, 0.15) is 0 Å². The zero-order chi connectivity index (χ0) is 21.1. The maximum absolute atomic E-state index is 12.4. The van der Waals surface area contributed by atoms with E-state index in [9.17, 15) is 18.0 Å². The second-order valence-corrected chi connectivity index (χ2v) is 10.8. The fraction of sp³-hybridized carbons (Fsp3) is 0.400. The molecule has 0 aliphatic carbocycles. The van der Waals surface area contributed by atoms with Gasteiger partial charge in [-0.15, -0.1) is 11.3 Å². The molecule has 1 aromatic heterocycles. The SMILES string of the molecule is Cc1cc(C(=O)CCC(=O)Nc2cccc(S(=O)(=O)NC(C)(C)C)c2)c(C)s1. The van der Waals surface area contributed by atoms with E-state index in [0.29, 0.717) is 11.3 Å². The number of carbonyl (C=O) groups is 2. The van der Waals surface area contributed by atoms with Gasteiger partial charge in [-0.25, -0.2) is 13.1 Å². The number of benzene rings is 1. The summed E-state index contributed by atoms with van der Waals surface area (Å²) in [6.07, 6.45) is 0.136. The van der Waals surface area contributed by atoms with E-state index in [1.54, 1.807) is 44.2 Å². The molecule has 2 N–H and O–H groups in total. The summed E-state index contributed by atoms with van der Waals surface area (Å²) in [5, 5.41) is 2.66. The number of anilines is 1. The molecule has 2 rings (SSSR count). The predicted octanol–water partition coefficient (Wildman–Crippen LogP) is 4.04. The number of nitrogens with one attached hydrogen (secondary N) is 2. The largest absolute Gasteiger partial charge is 0.326 e. The lowest BCUT2D eigenvalue weighted by Crippen LogP contribution is -2.40. The van der Waals surface area contributed by atoms with E-state index in [1.165, 1.54) is 12.1 Å². The van der Waals surface area contributed by atoms with Crippen molar-refractivity contribution >= 4 is 38.7 Å². The number of Topliss-reactive ketones (excluding diaryl/α,β-unsaturated/α-hetero) is 1. The lowest BCUT2D eigenvalue weighted by atomic mass is 10.1. The molecule has 1 amide bonds. The summed E-state index contributed by atoms with van der Waals surface area (Å²) in [6.45, 7) is 9.09. The minimum atomic E-state index is -3.69. The Kier molecular flexibility index (Phi) is 6.80. The van der Waals surface area contributed by atoms with Crippen LogP contribution in [0.5, 0.6) is 0 Å². The first-order valence-corrected chi connectivity index (χ1v) is 11.2. The van der Waals surface area contributed by atoms with E-state index in [1.807, 2.05) is 19.9 Å². The fourth-order valence-electron chi connectivity index (χ4n) is 2.70. The molecule has 0 aliphatic rings. The highest BCUT2D eigenvalue weighted by molar-refractivity contribution is 7.89. The van der Waals surface area contributed by atoms with Gasteiger partial charge >= 0.3 is 0 Å². The molecule has 1 aromatic carbocycles.